The Morgan fingerprint density at radius 3 is 2.27 bits per heavy atom. The van der Waals surface area contributed by atoms with Crippen LogP contribution in [0.2, 0.25) is 0 Å². The zero-order chi connectivity index (χ0) is 29.5. The molecule has 1 atom stereocenters. The average Bonchev–Trinajstić information content (AvgIpc) is 3.48. The SMILES string of the molecule is CCN(CCO)c1ccc(/C=C/c2sc(/C=C/C3=C(C#N)C(=C(C#N)C#N)OC3(C)C(F)(F)F)cc2CO)cc1. The molecule has 7 nitrogen and oxygen atoms in total. The lowest BCUT2D eigenvalue weighted by Gasteiger charge is -2.28. The molecule has 0 radical (unpaired) electrons. The number of nitrogens with zero attached hydrogens (tertiary/aromatic N) is 4. The number of benzene rings is 1. The molecule has 2 N–H and O–H groups in total. The fourth-order valence-corrected chi connectivity index (χ4v) is 5.06. The number of alkyl halides is 3. The Bertz CT molecular complexity index is 1480. The molecule has 0 bridgehead atoms. The van der Waals surface area contributed by atoms with Crippen LogP contribution in [0.1, 0.15) is 34.7 Å². The van der Waals surface area contributed by atoms with Gasteiger partial charge in [-0.15, -0.1) is 11.3 Å². The van der Waals surface area contributed by atoms with Gasteiger partial charge in [0.2, 0.25) is 5.60 Å². The van der Waals surface area contributed by atoms with Gasteiger partial charge < -0.3 is 19.8 Å². The first-order valence-electron chi connectivity index (χ1n) is 12.1. The summed E-state index contributed by atoms with van der Waals surface area (Å²) < 4.78 is 47.2. The normalized spacial score (nSPS) is 17.1. The summed E-state index contributed by atoms with van der Waals surface area (Å²) >= 11 is 1.22. The van der Waals surface area contributed by atoms with E-state index in [1.807, 2.05) is 42.2 Å². The van der Waals surface area contributed by atoms with Gasteiger partial charge in [-0.2, -0.15) is 29.0 Å². The van der Waals surface area contributed by atoms with E-state index in [0.29, 0.717) is 21.9 Å². The van der Waals surface area contributed by atoms with E-state index in [0.717, 1.165) is 30.8 Å². The summed E-state index contributed by atoms with van der Waals surface area (Å²) in [6, 6.07) is 13.9. The van der Waals surface area contributed by atoms with Crippen molar-refractivity contribution in [3.05, 3.63) is 79.8 Å². The number of aliphatic hydroxyl groups excluding tert-OH is 2. The Kier molecular flexibility index (Phi) is 9.57. The van der Waals surface area contributed by atoms with E-state index in [1.165, 1.54) is 29.6 Å². The Morgan fingerprint density at radius 1 is 1.07 bits per heavy atom. The molecule has 0 spiro atoms. The largest absolute Gasteiger partial charge is 0.470 e. The summed E-state index contributed by atoms with van der Waals surface area (Å²) in [4.78, 5) is 3.23. The van der Waals surface area contributed by atoms with Crippen molar-refractivity contribution in [2.75, 3.05) is 24.6 Å². The Morgan fingerprint density at radius 2 is 1.75 bits per heavy atom. The van der Waals surface area contributed by atoms with E-state index >= 15 is 0 Å². The second-order valence-electron chi connectivity index (χ2n) is 8.72. The molecule has 0 amide bonds. The lowest BCUT2D eigenvalue weighted by molar-refractivity contribution is -0.236. The number of nitriles is 3. The van der Waals surface area contributed by atoms with Crippen molar-refractivity contribution in [1.82, 2.24) is 0 Å². The number of hydrogen-bond donors (Lipinski definition) is 2. The molecule has 2 aromatic rings. The Balaban J connectivity index is 1.95. The minimum absolute atomic E-state index is 0.0464. The van der Waals surface area contributed by atoms with Crippen LogP contribution in [-0.4, -0.2) is 41.7 Å². The summed E-state index contributed by atoms with van der Waals surface area (Å²) in [6.07, 6.45) is 1.15. The molecular weight excluding hydrogens is 541 g/mol. The molecule has 11 heteroatoms. The molecule has 3 rings (SSSR count). The van der Waals surface area contributed by atoms with Gasteiger partial charge in [-0.1, -0.05) is 24.3 Å². The van der Waals surface area contributed by atoms with Gasteiger partial charge in [-0.3, -0.25) is 0 Å². The van der Waals surface area contributed by atoms with Crippen molar-refractivity contribution in [3.8, 4) is 18.2 Å². The van der Waals surface area contributed by atoms with Crippen LogP contribution in [0.25, 0.3) is 18.2 Å². The van der Waals surface area contributed by atoms with Gasteiger partial charge in [-0.25, -0.2) is 0 Å². The number of halogens is 3. The number of likely N-dealkylation sites (N-methyl/N-ethyl adjacent to an activating group) is 1. The van der Waals surface area contributed by atoms with E-state index in [1.54, 1.807) is 18.2 Å². The number of anilines is 1. The molecule has 206 valence electrons. The quantitative estimate of drug-likeness (QED) is 0.372. The highest BCUT2D eigenvalue weighted by Gasteiger charge is 2.60. The van der Waals surface area contributed by atoms with Gasteiger partial charge >= 0.3 is 6.18 Å². The summed E-state index contributed by atoms with van der Waals surface area (Å²) in [7, 11) is 0. The van der Waals surface area contributed by atoms with Crippen LogP contribution in [0, 0.1) is 34.0 Å². The molecule has 40 heavy (non-hydrogen) atoms. The number of rotatable bonds is 9. The fourth-order valence-electron chi connectivity index (χ4n) is 4.07. The number of ether oxygens (including phenoxy) is 1. The van der Waals surface area contributed by atoms with Crippen LogP contribution in [0.5, 0.6) is 0 Å². The van der Waals surface area contributed by atoms with Gasteiger partial charge in [0, 0.05) is 34.1 Å². The van der Waals surface area contributed by atoms with Gasteiger partial charge in [0.15, 0.2) is 11.3 Å². The van der Waals surface area contributed by atoms with Gasteiger partial charge in [0.25, 0.3) is 0 Å². The van der Waals surface area contributed by atoms with Crippen molar-refractivity contribution in [2.45, 2.75) is 32.2 Å². The first-order chi connectivity index (χ1) is 19.1. The molecule has 1 aliphatic heterocycles. The van der Waals surface area contributed by atoms with Crippen LogP contribution in [0.15, 0.2) is 58.9 Å². The van der Waals surface area contributed by atoms with Crippen LogP contribution < -0.4 is 4.90 Å². The zero-order valence-electron chi connectivity index (χ0n) is 21.7. The molecule has 2 heterocycles. The molecule has 0 saturated carbocycles. The monoisotopic (exact) mass is 566 g/mol. The Labute approximate surface area is 233 Å². The molecular formula is C29H25F3N4O3S. The minimum Gasteiger partial charge on any atom is -0.470 e. The van der Waals surface area contributed by atoms with Gasteiger partial charge in [0.05, 0.1) is 13.2 Å². The fraction of sp³-hybridized carbons (Fsp3) is 0.276. The summed E-state index contributed by atoms with van der Waals surface area (Å²) in [5.41, 5.74) is -2.34. The minimum atomic E-state index is -4.95. The molecule has 1 aromatic carbocycles. The molecule has 1 unspecified atom stereocenters. The van der Waals surface area contributed by atoms with Crippen molar-refractivity contribution in [2.24, 2.45) is 0 Å². The highest BCUT2D eigenvalue weighted by molar-refractivity contribution is 7.14. The van der Waals surface area contributed by atoms with E-state index in [4.69, 9.17) is 15.3 Å². The van der Waals surface area contributed by atoms with Crippen LogP contribution in [0.3, 0.4) is 0 Å². The summed E-state index contributed by atoms with van der Waals surface area (Å²) in [6.45, 7) is 3.75. The van der Waals surface area contributed by atoms with Crippen LogP contribution in [0.4, 0.5) is 18.9 Å². The predicted molar refractivity (Wildman–Crippen MR) is 146 cm³/mol. The van der Waals surface area contributed by atoms with Crippen molar-refractivity contribution < 1.29 is 28.1 Å². The molecule has 0 aliphatic carbocycles. The second-order valence-corrected chi connectivity index (χ2v) is 9.83. The smallest absolute Gasteiger partial charge is 0.432 e. The highest BCUT2D eigenvalue weighted by atomic mass is 32.1. The maximum Gasteiger partial charge on any atom is 0.432 e. The standard InChI is InChI=1S/C29H25F3N4O3S/c1-3-36(12-13-37)22-7-4-19(5-8-22)6-11-26-20(18-38)14-23(40-26)9-10-25-24(17-35)27(21(15-33)16-34)39-28(25,2)29(30,31)32/h4-11,14,37-38H,3,12-13,18H2,1-2H3/b10-9+,11-6+. The van der Waals surface area contributed by atoms with Crippen LogP contribution in [-0.2, 0) is 11.3 Å². The van der Waals surface area contributed by atoms with Crippen LogP contribution >= 0.6 is 11.3 Å². The van der Waals surface area contributed by atoms with Crippen molar-refractivity contribution in [3.63, 3.8) is 0 Å². The van der Waals surface area contributed by atoms with E-state index in [2.05, 4.69) is 0 Å². The third kappa shape index (κ3) is 6.11. The first-order valence-corrected chi connectivity index (χ1v) is 12.9. The average molecular weight is 567 g/mol. The summed E-state index contributed by atoms with van der Waals surface area (Å²) in [5.74, 6) is -0.706. The van der Waals surface area contributed by atoms with Crippen molar-refractivity contribution in [1.29, 1.82) is 15.8 Å². The Hall–Kier alpha value is -4.34. The molecule has 0 fully saturated rings. The third-order valence-corrected chi connectivity index (χ3v) is 7.41. The van der Waals surface area contributed by atoms with E-state index < -0.39 is 34.3 Å². The lowest BCUT2D eigenvalue weighted by Crippen LogP contribution is -2.43. The molecule has 0 saturated heterocycles. The van der Waals surface area contributed by atoms with E-state index in [-0.39, 0.29) is 13.2 Å². The number of thiophene rings is 1. The lowest BCUT2D eigenvalue weighted by atomic mass is 9.92. The maximum absolute atomic E-state index is 14.0. The predicted octanol–water partition coefficient (Wildman–Crippen LogP) is 5.72. The second kappa shape index (κ2) is 12.7. The number of hydrogen-bond acceptors (Lipinski definition) is 8. The number of aliphatic hydroxyl groups is 2. The number of allylic oxidation sites excluding steroid dienone is 2. The van der Waals surface area contributed by atoms with Crippen molar-refractivity contribution >= 4 is 35.3 Å². The molecule has 1 aliphatic rings. The summed E-state index contributed by atoms with van der Waals surface area (Å²) in [5, 5.41) is 46.9. The maximum atomic E-state index is 14.0. The van der Waals surface area contributed by atoms with Gasteiger partial charge in [0.1, 0.15) is 23.8 Å². The first kappa shape index (κ1) is 30.2. The zero-order valence-corrected chi connectivity index (χ0v) is 22.5. The topological polar surface area (TPSA) is 124 Å². The van der Waals surface area contributed by atoms with E-state index in [9.17, 15) is 28.6 Å². The highest BCUT2D eigenvalue weighted by Crippen LogP contribution is 2.49. The third-order valence-electron chi connectivity index (χ3n) is 6.30. The van der Waals surface area contributed by atoms with Gasteiger partial charge in [-0.05, 0) is 55.3 Å². The molecule has 1 aromatic heterocycles.